The Morgan fingerprint density at radius 1 is 1.12 bits per heavy atom. The summed E-state index contributed by atoms with van der Waals surface area (Å²) in [4.78, 5) is 0. The van der Waals surface area contributed by atoms with E-state index in [0.29, 0.717) is 0 Å². The van der Waals surface area contributed by atoms with Gasteiger partial charge in [-0.2, -0.15) is 20.5 Å². The fourth-order valence-electron chi connectivity index (χ4n) is 1.49. The summed E-state index contributed by atoms with van der Waals surface area (Å²) in [6.45, 7) is 0. The molecule has 0 bridgehead atoms. The summed E-state index contributed by atoms with van der Waals surface area (Å²) in [6, 6.07) is 10.2. The van der Waals surface area contributed by atoms with Gasteiger partial charge in [0.15, 0.2) is 0 Å². The first kappa shape index (κ1) is 10.2. The first-order chi connectivity index (χ1) is 8.43. The molecule has 0 aliphatic rings. The van der Waals surface area contributed by atoms with Gasteiger partial charge in [-0.15, -0.1) is 5.10 Å². The van der Waals surface area contributed by atoms with Crippen LogP contribution in [-0.4, -0.2) is 25.6 Å². The molecule has 6 heteroatoms. The molecular formula is C11H9N5S. The standard InChI is InChI=1S/C11H9N5S/c1-2-4-8(5-3-1)7-17-11-10-9(6-12-15-11)13-16-14-10/h1-6H,7H2,(H,13,14,16). The summed E-state index contributed by atoms with van der Waals surface area (Å²) in [5.41, 5.74) is 2.77. The minimum Gasteiger partial charge on any atom is -0.197 e. The van der Waals surface area contributed by atoms with Gasteiger partial charge in [-0.1, -0.05) is 42.1 Å². The number of hydrogen-bond donors (Lipinski definition) is 1. The Bertz CT molecular complexity index is 622. The Labute approximate surface area is 102 Å². The van der Waals surface area contributed by atoms with Gasteiger partial charge in [0.1, 0.15) is 16.1 Å². The summed E-state index contributed by atoms with van der Waals surface area (Å²) in [6.07, 6.45) is 1.60. The molecule has 0 aliphatic carbocycles. The van der Waals surface area contributed by atoms with Crippen molar-refractivity contribution >= 4 is 22.8 Å². The topological polar surface area (TPSA) is 67.3 Å². The molecule has 0 saturated carbocycles. The van der Waals surface area contributed by atoms with Crippen LogP contribution in [0.15, 0.2) is 41.6 Å². The van der Waals surface area contributed by atoms with Crippen molar-refractivity contribution in [2.75, 3.05) is 0 Å². The Balaban J connectivity index is 1.84. The SMILES string of the molecule is c1ccc(CSc2nncc3n[nH]nc23)cc1. The number of nitrogens with zero attached hydrogens (tertiary/aromatic N) is 4. The van der Waals surface area contributed by atoms with E-state index in [9.17, 15) is 0 Å². The number of thioether (sulfide) groups is 1. The zero-order valence-electron chi connectivity index (χ0n) is 8.87. The second kappa shape index (κ2) is 4.50. The van der Waals surface area contributed by atoms with E-state index < -0.39 is 0 Å². The molecule has 2 heterocycles. The van der Waals surface area contributed by atoms with Gasteiger partial charge < -0.3 is 0 Å². The lowest BCUT2D eigenvalue weighted by atomic mass is 10.2. The molecule has 0 atom stereocenters. The molecule has 0 saturated heterocycles. The molecule has 0 radical (unpaired) electrons. The molecule has 5 nitrogen and oxygen atoms in total. The lowest BCUT2D eigenvalue weighted by molar-refractivity contribution is 0.938. The number of H-pyrrole nitrogens is 1. The Morgan fingerprint density at radius 3 is 2.88 bits per heavy atom. The van der Waals surface area contributed by atoms with Crippen LogP contribution in [0, 0.1) is 0 Å². The predicted octanol–water partition coefficient (Wildman–Crippen LogP) is 2.04. The van der Waals surface area contributed by atoms with Gasteiger partial charge in [0.05, 0.1) is 6.20 Å². The van der Waals surface area contributed by atoms with Gasteiger partial charge in [0, 0.05) is 5.75 Å². The Morgan fingerprint density at radius 2 is 2.00 bits per heavy atom. The molecule has 0 fully saturated rings. The van der Waals surface area contributed by atoms with Crippen molar-refractivity contribution < 1.29 is 0 Å². The summed E-state index contributed by atoms with van der Waals surface area (Å²) < 4.78 is 0. The second-order valence-corrected chi connectivity index (χ2v) is 4.45. The summed E-state index contributed by atoms with van der Waals surface area (Å²) in [5.74, 6) is 0.849. The molecule has 3 aromatic rings. The van der Waals surface area contributed by atoms with Gasteiger partial charge in [0.2, 0.25) is 0 Å². The molecule has 0 spiro atoms. The summed E-state index contributed by atoms with van der Waals surface area (Å²) >= 11 is 1.61. The van der Waals surface area contributed by atoms with Crippen molar-refractivity contribution in [2.45, 2.75) is 10.8 Å². The van der Waals surface area contributed by atoms with E-state index in [1.54, 1.807) is 18.0 Å². The van der Waals surface area contributed by atoms with Crippen LogP contribution < -0.4 is 0 Å². The highest BCUT2D eigenvalue weighted by molar-refractivity contribution is 7.98. The summed E-state index contributed by atoms with van der Waals surface area (Å²) in [5, 5.41) is 19.4. The zero-order valence-corrected chi connectivity index (χ0v) is 9.68. The number of benzene rings is 1. The van der Waals surface area contributed by atoms with Crippen LogP contribution >= 0.6 is 11.8 Å². The van der Waals surface area contributed by atoms with Crippen molar-refractivity contribution in [1.29, 1.82) is 0 Å². The molecule has 1 aromatic carbocycles. The van der Waals surface area contributed by atoms with Crippen molar-refractivity contribution in [3.63, 3.8) is 0 Å². The molecule has 0 aliphatic heterocycles. The first-order valence-corrected chi connectivity index (χ1v) is 6.11. The lowest BCUT2D eigenvalue weighted by Crippen LogP contribution is -1.88. The lowest BCUT2D eigenvalue weighted by Gasteiger charge is -2.00. The fraction of sp³-hybridized carbons (Fsp3) is 0.0909. The normalized spacial score (nSPS) is 10.8. The number of aromatic nitrogens is 5. The average Bonchev–Trinajstić information content (AvgIpc) is 2.86. The minimum atomic E-state index is 0.746. The van der Waals surface area contributed by atoms with Crippen LogP contribution in [0.5, 0.6) is 0 Å². The van der Waals surface area contributed by atoms with Crippen molar-refractivity contribution in [1.82, 2.24) is 25.6 Å². The maximum absolute atomic E-state index is 4.08. The minimum absolute atomic E-state index is 0.746. The zero-order chi connectivity index (χ0) is 11.5. The third kappa shape index (κ3) is 2.12. The van der Waals surface area contributed by atoms with E-state index in [1.165, 1.54) is 5.56 Å². The van der Waals surface area contributed by atoms with E-state index in [4.69, 9.17) is 0 Å². The van der Waals surface area contributed by atoms with Crippen LogP contribution in [0.4, 0.5) is 0 Å². The third-order valence-electron chi connectivity index (χ3n) is 2.32. The van der Waals surface area contributed by atoms with Crippen LogP contribution in [0.3, 0.4) is 0 Å². The first-order valence-electron chi connectivity index (χ1n) is 5.12. The average molecular weight is 243 g/mol. The van der Waals surface area contributed by atoms with Gasteiger partial charge in [-0.05, 0) is 5.56 Å². The second-order valence-electron chi connectivity index (χ2n) is 3.48. The third-order valence-corrected chi connectivity index (χ3v) is 3.35. The van der Waals surface area contributed by atoms with Crippen molar-refractivity contribution in [2.24, 2.45) is 0 Å². The van der Waals surface area contributed by atoms with Crippen LogP contribution in [-0.2, 0) is 5.75 Å². The highest BCUT2D eigenvalue weighted by Gasteiger charge is 2.07. The van der Waals surface area contributed by atoms with Gasteiger partial charge >= 0.3 is 0 Å². The van der Waals surface area contributed by atoms with Crippen molar-refractivity contribution in [3.8, 4) is 0 Å². The van der Waals surface area contributed by atoms with Gasteiger partial charge in [0.25, 0.3) is 0 Å². The molecular weight excluding hydrogens is 234 g/mol. The Kier molecular flexibility index (Phi) is 2.71. The maximum atomic E-state index is 4.08. The smallest absolute Gasteiger partial charge is 0.149 e. The molecule has 17 heavy (non-hydrogen) atoms. The number of fused-ring (bicyclic) bond motifs is 1. The number of nitrogens with one attached hydrogen (secondary N) is 1. The summed E-state index contributed by atoms with van der Waals surface area (Å²) in [7, 11) is 0. The van der Waals surface area contributed by atoms with Crippen LogP contribution in [0.1, 0.15) is 5.56 Å². The van der Waals surface area contributed by atoms with E-state index in [2.05, 4.69) is 37.7 Å². The van der Waals surface area contributed by atoms with E-state index in [0.717, 1.165) is 21.8 Å². The van der Waals surface area contributed by atoms with Crippen LogP contribution in [0.2, 0.25) is 0 Å². The highest BCUT2D eigenvalue weighted by Crippen LogP contribution is 2.24. The molecule has 84 valence electrons. The molecule has 2 aromatic heterocycles. The molecule has 0 unspecified atom stereocenters. The van der Waals surface area contributed by atoms with E-state index in [1.807, 2.05) is 18.2 Å². The quantitative estimate of drug-likeness (QED) is 0.713. The number of hydrogen-bond acceptors (Lipinski definition) is 5. The molecule has 3 rings (SSSR count). The fourth-order valence-corrected chi connectivity index (χ4v) is 2.38. The monoisotopic (exact) mass is 243 g/mol. The molecule has 1 N–H and O–H groups in total. The van der Waals surface area contributed by atoms with Crippen molar-refractivity contribution in [3.05, 3.63) is 42.1 Å². The predicted molar refractivity (Wildman–Crippen MR) is 65.5 cm³/mol. The Hall–Kier alpha value is -1.95. The van der Waals surface area contributed by atoms with Crippen LogP contribution in [0.25, 0.3) is 11.0 Å². The van der Waals surface area contributed by atoms with Gasteiger partial charge in [-0.25, -0.2) is 0 Å². The maximum Gasteiger partial charge on any atom is 0.149 e. The van der Waals surface area contributed by atoms with E-state index >= 15 is 0 Å². The highest BCUT2D eigenvalue weighted by atomic mass is 32.2. The van der Waals surface area contributed by atoms with E-state index in [-0.39, 0.29) is 0 Å². The number of aromatic amines is 1. The largest absolute Gasteiger partial charge is 0.197 e. The molecule has 0 amide bonds. The van der Waals surface area contributed by atoms with Gasteiger partial charge in [-0.3, -0.25) is 0 Å². The number of rotatable bonds is 3.